The number of piperazine rings is 1. The highest BCUT2D eigenvalue weighted by atomic mass is 16.2. The minimum Gasteiger partial charge on any atom is -0.348 e. The zero-order chi connectivity index (χ0) is 18.0. The normalized spacial score (nSPS) is 15.6. The van der Waals surface area contributed by atoms with Crippen LogP contribution in [0.5, 0.6) is 0 Å². The quantitative estimate of drug-likeness (QED) is 0.797. The molecule has 1 aromatic carbocycles. The van der Waals surface area contributed by atoms with E-state index in [0.29, 0.717) is 38.3 Å². The highest BCUT2D eigenvalue weighted by Crippen LogP contribution is 2.16. The number of rotatable bonds is 4. The molecule has 0 atom stereocenters. The zero-order valence-electron chi connectivity index (χ0n) is 15.0. The van der Waals surface area contributed by atoms with Crippen LogP contribution in [-0.2, 0) is 11.3 Å². The molecular formula is C17H24N6O2. The van der Waals surface area contributed by atoms with Gasteiger partial charge in [0.05, 0.1) is 12.1 Å². The predicted octanol–water partition coefficient (Wildman–Crippen LogP) is 0.297. The SMILES string of the molecule is CCn1nnc2cc(C(=O)N3CCN(CC(=O)N(C)C)CC3)ccc21. The molecule has 0 aliphatic carbocycles. The molecule has 0 bridgehead atoms. The fourth-order valence-electron chi connectivity index (χ4n) is 2.96. The van der Waals surface area contributed by atoms with Gasteiger partial charge in [0.15, 0.2) is 0 Å². The second kappa shape index (κ2) is 7.18. The van der Waals surface area contributed by atoms with E-state index in [1.165, 1.54) is 0 Å². The molecule has 3 rings (SSSR count). The molecular weight excluding hydrogens is 320 g/mol. The van der Waals surface area contributed by atoms with Crippen LogP contribution in [0.15, 0.2) is 18.2 Å². The molecule has 1 aliphatic rings. The van der Waals surface area contributed by atoms with E-state index < -0.39 is 0 Å². The van der Waals surface area contributed by atoms with Gasteiger partial charge in [0.1, 0.15) is 5.52 Å². The molecule has 1 aliphatic heterocycles. The summed E-state index contributed by atoms with van der Waals surface area (Å²) in [5.74, 6) is 0.0933. The Labute approximate surface area is 147 Å². The summed E-state index contributed by atoms with van der Waals surface area (Å²) in [6, 6.07) is 5.54. The standard InChI is InChI=1S/C17H24N6O2/c1-4-23-15-6-5-13(11-14(15)18-19-23)17(25)22-9-7-21(8-10-22)12-16(24)20(2)3/h5-6,11H,4,7-10,12H2,1-3H3. The van der Waals surface area contributed by atoms with Crippen LogP contribution < -0.4 is 0 Å². The van der Waals surface area contributed by atoms with E-state index in [-0.39, 0.29) is 11.8 Å². The van der Waals surface area contributed by atoms with Gasteiger partial charge in [-0.3, -0.25) is 14.5 Å². The van der Waals surface area contributed by atoms with Crippen molar-refractivity contribution in [2.75, 3.05) is 46.8 Å². The Balaban J connectivity index is 1.63. The summed E-state index contributed by atoms with van der Waals surface area (Å²) in [5, 5.41) is 8.21. The van der Waals surface area contributed by atoms with Crippen LogP contribution >= 0.6 is 0 Å². The Morgan fingerprint density at radius 3 is 2.52 bits per heavy atom. The van der Waals surface area contributed by atoms with Gasteiger partial charge in [-0.05, 0) is 25.1 Å². The summed E-state index contributed by atoms with van der Waals surface area (Å²) in [4.78, 5) is 30.0. The number of hydrogen-bond donors (Lipinski definition) is 0. The lowest BCUT2D eigenvalue weighted by molar-refractivity contribution is -0.130. The second-order valence-corrected chi connectivity index (χ2v) is 6.47. The van der Waals surface area contributed by atoms with Crippen LogP contribution in [0.25, 0.3) is 11.0 Å². The van der Waals surface area contributed by atoms with Gasteiger partial charge < -0.3 is 9.80 Å². The number of amides is 2. The number of hydrogen-bond acceptors (Lipinski definition) is 5. The minimum atomic E-state index is 0.00605. The first-order valence-electron chi connectivity index (χ1n) is 8.54. The largest absolute Gasteiger partial charge is 0.348 e. The van der Waals surface area contributed by atoms with Gasteiger partial charge in [-0.15, -0.1) is 5.10 Å². The first-order valence-corrected chi connectivity index (χ1v) is 8.54. The molecule has 1 aromatic heterocycles. The van der Waals surface area contributed by atoms with Crippen LogP contribution in [0.4, 0.5) is 0 Å². The van der Waals surface area contributed by atoms with Gasteiger partial charge in [-0.25, -0.2) is 4.68 Å². The second-order valence-electron chi connectivity index (χ2n) is 6.47. The minimum absolute atomic E-state index is 0.00605. The van der Waals surface area contributed by atoms with E-state index in [4.69, 9.17) is 0 Å². The number of aromatic nitrogens is 3. The molecule has 8 nitrogen and oxygen atoms in total. The highest BCUT2D eigenvalue weighted by molar-refractivity contribution is 5.97. The Morgan fingerprint density at radius 1 is 1.16 bits per heavy atom. The first-order chi connectivity index (χ1) is 12.0. The summed E-state index contributed by atoms with van der Waals surface area (Å²) < 4.78 is 1.81. The number of benzene rings is 1. The number of carbonyl (C=O) groups excluding carboxylic acids is 2. The molecule has 0 saturated carbocycles. The van der Waals surface area contributed by atoms with Crippen LogP contribution in [0.1, 0.15) is 17.3 Å². The lowest BCUT2D eigenvalue weighted by Crippen LogP contribution is -2.51. The average Bonchev–Trinajstić information content (AvgIpc) is 3.03. The summed E-state index contributed by atoms with van der Waals surface area (Å²) in [6.45, 7) is 5.82. The molecule has 2 amide bonds. The van der Waals surface area contributed by atoms with Crippen molar-refractivity contribution < 1.29 is 9.59 Å². The number of fused-ring (bicyclic) bond motifs is 1. The Hall–Kier alpha value is -2.48. The van der Waals surface area contributed by atoms with Crippen molar-refractivity contribution in [2.45, 2.75) is 13.5 Å². The number of carbonyl (C=O) groups is 2. The van der Waals surface area contributed by atoms with Crippen molar-refractivity contribution >= 4 is 22.8 Å². The topological polar surface area (TPSA) is 74.6 Å². The lowest BCUT2D eigenvalue weighted by Gasteiger charge is -2.34. The maximum absolute atomic E-state index is 12.7. The highest BCUT2D eigenvalue weighted by Gasteiger charge is 2.24. The molecule has 0 radical (unpaired) electrons. The number of aryl methyl sites for hydroxylation is 1. The number of likely N-dealkylation sites (N-methyl/N-ethyl adjacent to an activating group) is 1. The van der Waals surface area contributed by atoms with Crippen molar-refractivity contribution in [3.05, 3.63) is 23.8 Å². The van der Waals surface area contributed by atoms with Crippen molar-refractivity contribution in [3.8, 4) is 0 Å². The smallest absolute Gasteiger partial charge is 0.254 e. The Bertz CT molecular complexity index is 777. The third kappa shape index (κ3) is 3.63. The van der Waals surface area contributed by atoms with Crippen LogP contribution in [0, 0.1) is 0 Å². The summed E-state index contributed by atoms with van der Waals surface area (Å²) >= 11 is 0. The van der Waals surface area contributed by atoms with Gasteiger partial charge in [0, 0.05) is 52.4 Å². The molecule has 0 unspecified atom stereocenters. The van der Waals surface area contributed by atoms with E-state index in [0.717, 1.165) is 17.6 Å². The fraction of sp³-hybridized carbons (Fsp3) is 0.529. The monoisotopic (exact) mass is 344 g/mol. The van der Waals surface area contributed by atoms with Crippen LogP contribution in [0.3, 0.4) is 0 Å². The van der Waals surface area contributed by atoms with Crippen molar-refractivity contribution in [2.24, 2.45) is 0 Å². The van der Waals surface area contributed by atoms with E-state index in [9.17, 15) is 9.59 Å². The lowest BCUT2D eigenvalue weighted by atomic mass is 10.1. The molecule has 2 aromatic rings. The zero-order valence-corrected chi connectivity index (χ0v) is 15.0. The molecule has 1 fully saturated rings. The summed E-state index contributed by atoms with van der Waals surface area (Å²) in [6.07, 6.45) is 0. The van der Waals surface area contributed by atoms with Gasteiger partial charge >= 0.3 is 0 Å². The third-order valence-electron chi connectivity index (χ3n) is 4.58. The van der Waals surface area contributed by atoms with Gasteiger partial charge in [0.25, 0.3) is 5.91 Å². The maximum atomic E-state index is 12.7. The van der Waals surface area contributed by atoms with E-state index in [1.54, 1.807) is 25.1 Å². The fourth-order valence-corrected chi connectivity index (χ4v) is 2.96. The third-order valence-corrected chi connectivity index (χ3v) is 4.58. The Morgan fingerprint density at radius 2 is 1.88 bits per heavy atom. The van der Waals surface area contributed by atoms with Crippen molar-refractivity contribution in [1.29, 1.82) is 0 Å². The summed E-state index contributed by atoms with van der Waals surface area (Å²) in [7, 11) is 3.51. The molecule has 25 heavy (non-hydrogen) atoms. The molecule has 2 heterocycles. The first kappa shape index (κ1) is 17.3. The Kier molecular flexibility index (Phi) is 4.98. The van der Waals surface area contributed by atoms with E-state index in [2.05, 4.69) is 15.2 Å². The molecule has 1 saturated heterocycles. The molecule has 0 N–H and O–H groups in total. The van der Waals surface area contributed by atoms with Gasteiger partial charge in [-0.2, -0.15) is 0 Å². The van der Waals surface area contributed by atoms with Crippen LogP contribution in [0.2, 0.25) is 0 Å². The molecule has 134 valence electrons. The number of nitrogens with zero attached hydrogens (tertiary/aromatic N) is 6. The van der Waals surface area contributed by atoms with E-state index >= 15 is 0 Å². The molecule has 8 heteroatoms. The van der Waals surface area contributed by atoms with Gasteiger partial charge in [-0.1, -0.05) is 5.21 Å². The van der Waals surface area contributed by atoms with Gasteiger partial charge in [0.2, 0.25) is 5.91 Å². The summed E-state index contributed by atoms with van der Waals surface area (Å²) in [5.41, 5.74) is 2.31. The average molecular weight is 344 g/mol. The van der Waals surface area contributed by atoms with Crippen LogP contribution in [-0.4, -0.2) is 88.3 Å². The van der Waals surface area contributed by atoms with Crippen molar-refractivity contribution in [1.82, 2.24) is 29.7 Å². The predicted molar refractivity (Wildman–Crippen MR) is 94.2 cm³/mol. The van der Waals surface area contributed by atoms with Crippen molar-refractivity contribution in [3.63, 3.8) is 0 Å². The van der Waals surface area contributed by atoms with E-state index in [1.807, 2.05) is 28.6 Å². The molecule has 0 spiro atoms. The maximum Gasteiger partial charge on any atom is 0.254 e.